The second-order valence-electron chi connectivity index (χ2n) is 7.48. The van der Waals surface area contributed by atoms with E-state index in [9.17, 15) is 8.42 Å². The molecular weight excluding hydrogens is 414 g/mol. The highest BCUT2D eigenvalue weighted by atomic mass is 32.2. The first-order valence-corrected chi connectivity index (χ1v) is 11.5. The molecule has 0 aliphatic heterocycles. The summed E-state index contributed by atoms with van der Waals surface area (Å²) in [5.74, 6) is 1.76. The molecule has 0 unspecified atom stereocenters. The maximum Gasteiger partial charge on any atom is 0.238 e. The molecule has 0 radical (unpaired) electrons. The van der Waals surface area contributed by atoms with Crippen LogP contribution in [-0.2, 0) is 10.0 Å². The van der Waals surface area contributed by atoms with Crippen LogP contribution in [0.25, 0.3) is 27.8 Å². The smallest absolute Gasteiger partial charge is 0.238 e. The zero-order valence-corrected chi connectivity index (χ0v) is 18.1. The molecule has 0 aliphatic carbocycles. The molecule has 5 rings (SSSR count). The maximum absolute atomic E-state index is 12.5. The molecule has 5 aromatic rings. The van der Waals surface area contributed by atoms with Crippen LogP contribution < -0.4 is 5.32 Å². The van der Waals surface area contributed by atoms with Gasteiger partial charge in [0.2, 0.25) is 10.0 Å². The fraction of sp³-hybridized carbons (Fsp3) is 0.190. The van der Waals surface area contributed by atoms with Gasteiger partial charge in [-0.1, -0.05) is 12.1 Å². The molecule has 0 atom stereocenters. The maximum atomic E-state index is 12.5. The number of anilines is 2. The van der Waals surface area contributed by atoms with Crippen LogP contribution in [0, 0.1) is 13.8 Å². The summed E-state index contributed by atoms with van der Waals surface area (Å²) in [5, 5.41) is 15.9. The molecule has 10 heteroatoms. The first-order valence-electron chi connectivity index (χ1n) is 9.85. The fourth-order valence-corrected chi connectivity index (χ4v) is 4.55. The van der Waals surface area contributed by atoms with E-state index in [0.717, 1.165) is 22.2 Å². The zero-order chi connectivity index (χ0) is 21.8. The van der Waals surface area contributed by atoms with Crippen molar-refractivity contribution in [3.05, 3.63) is 60.0 Å². The predicted molar refractivity (Wildman–Crippen MR) is 120 cm³/mol. The van der Waals surface area contributed by atoms with Crippen LogP contribution in [0.15, 0.2) is 48.8 Å². The normalized spacial score (nSPS) is 12.1. The van der Waals surface area contributed by atoms with Crippen LogP contribution in [0.5, 0.6) is 0 Å². The fourth-order valence-electron chi connectivity index (χ4n) is 3.57. The quantitative estimate of drug-likeness (QED) is 0.436. The number of hydrogen-bond donors (Lipinski definition) is 2. The molecule has 0 spiro atoms. The summed E-state index contributed by atoms with van der Waals surface area (Å²) in [7, 11) is -3.41. The number of nitrogens with one attached hydrogen (secondary N) is 2. The van der Waals surface area contributed by atoms with Gasteiger partial charge in [-0.25, -0.2) is 21.9 Å². The van der Waals surface area contributed by atoms with Crippen LogP contribution in [0.3, 0.4) is 0 Å². The lowest BCUT2D eigenvalue weighted by Crippen LogP contribution is -2.13. The molecule has 0 bridgehead atoms. The standard InChI is InChI=1S/C21H21N7O2S/c1-4-31(29,30)28-8-7-15-5-6-16(11-17(15)28)20-23-21(22-19-10-14(3)24-25-19)18-9-13(2)12-27(18)26-20/h5-12H,4H2,1-3H3,(H2,22,23,24,25,26). The summed E-state index contributed by atoms with van der Waals surface area (Å²) >= 11 is 0. The summed E-state index contributed by atoms with van der Waals surface area (Å²) in [6.07, 6.45) is 3.50. The molecule has 4 aromatic heterocycles. The molecule has 9 nitrogen and oxygen atoms in total. The highest BCUT2D eigenvalue weighted by Gasteiger charge is 2.16. The van der Waals surface area contributed by atoms with Crippen LogP contribution in [0.2, 0.25) is 0 Å². The number of rotatable bonds is 5. The highest BCUT2D eigenvalue weighted by molar-refractivity contribution is 7.90. The average molecular weight is 436 g/mol. The molecule has 1 aromatic carbocycles. The number of nitrogens with zero attached hydrogens (tertiary/aromatic N) is 5. The average Bonchev–Trinajstić information content (AvgIpc) is 3.45. The Hall–Kier alpha value is -3.66. The third-order valence-electron chi connectivity index (χ3n) is 5.13. The third kappa shape index (κ3) is 3.34. The second-order valence-corrected chi connectivity index (χ2v) is 9.61. The first kappa shape index (κ1) is 19.3. The minimum absolute atomic E-state index is 0.0171. The number of aromatic amines is 1. The molecule has 0 fully saturated rings. The SMILES string of the molecule is CCS(=O)(=O)n1ccc2ccc(-c3nc(Nc4cc(C)[nH]n4)c4cc(C)cn4n3)cc21. The van der Waals surface area contributed by atoms with E-state index in [-0.39, 0.29) is 5.75 Å². The molecule has 0 amide bonds. The van der Waals surface area contributed by atoms with E-state index in [0.29, 0.717) is 28.5 Å². The van der Waals surface area contributed by atoms with Crippen molar-refractivity contribution in [1.82, 2.24) is 28.8 Å². The summed E-state index contributed by atoms with van der Waals surface area (Å²) in [5.41, 5.74) is 4.12. The molecule has 0 saturated carbocycles. The third-order valence-corrected chi connectivity index (χ3v) is 6.78. The van der Waals surface area contributed by atoms with Gasteiger partial charge in [0.1, 0.15) is 5.52 Å². The van der Waals surface area contributed by atoms with Crippen molar-refractivity contribution in [2.24, 2.45) is 0 Å². The van der Waals surface area contributed by atoms with E-state index in [4.69, 9.17) is 4.98 Å². The Morgan fingerprint density at radius 2 is 1.94 bits per heavy atom. The lowest BCUT2D eigenvalue weighted by molar-refractivity contribution is 0.590. The van der Waals surface area contributed by atoms with E-state index < -0.39 is 10.0 Å². The van der Waals surface area contributed by atoms with Gasteiger partial charge in [-0.3, -0.25) is 5.10 Å². The Morgan fingerprint density at radius 1 is 1.10 bits per heavy atom. The molecule has 158 valence electrons. The Morgan fingerprint density at radius 3 is 2.68 bits per heavy atom. The molecular formula is C21H21N7O2S. The van der Waals surface area contributed by atoms with Crippen molar-refractivity contribution in [3.8, 4) is 11.4 Å². The van der Waals surface area contributed by atoms with Gasteiger partial charge < -0.3 is 5.32 Å². The molecule has 0 aliphatic rings. The number of fused-ring (bicyclic) bond motifs is 2. The van der Waals surface area contributed by atoms with Gasteiger partial charge >= 0.3 is 0 Å². The van der Waals surface area contributed by atoms with Crippen LogP contribution in [0.4, 0.5) is 11.6 Å². The van der Waals surface area contributed by atoms with Crippen LogP contribution in [-0.4, -0.2) is 42.9 Å². The van der Waals surface area contributed by atoms with Gasteiger partial charge in [-0.05, 0) is 44.5 Å². The predicted octanol–water partition coefficient (Wildman–Crippen LogP) is 3.63. The first-order chi connectivity index (χ1) is 14.8. The Balaban J connectivity index is 1.68. The number of aryl methyl sites for hydroxylation is 2. The molecule has 0 saturated heterocycles. The zero-order valence-electron chi connectivity index (χ0n) is 17.3. The Labute approximate surface area is 178 Å². The second kappa shape index (κ2) is 6.95. The lowest BCUT2D eigenvalue weighted by Gasteiger charge is -2.09. The van der Waals surface area contributed by atoms with E-state index in [1.807, 2.05) is 50.4 Å². The molecule has 2 N–H and O–H groups in total. The van der Waals surface area contributed by atoms with E-state index in [2.05, 4.69) is 20.6 Å². The summed E-state index contributed by atoms with van der Waals surface area (Å²) in [4.78, 5) is 4.74. The Bertz CT molecular complexity index is 1540. The van der Waals surface area contributed by atoms with Gasteiger partial charge in [-0.2, -0.15) is 5.10 Å². The van der Waals surface area contributed by atoms with Crippen molar-refractivity contribution in [2.45, 2.75) is 20.8 Å². The van der Waals surface area contributed by atoms with Crippen molar-refractivity contribution >= 4 is 38.1 Å². The number of H-pyrrole nitrogens is 1. The Kier molecular flexibility index (Phi) is 4.33. The summed E-state index contributed by atoms with van der Waals surface area (Å²) in [6.45, 7) is 5.55. The van der Waals surface area contributed by atoms with Crippen molar-refractivity contribution < 1.29 is 8.42 Å². The van der Waals surface area contributed by atoms with Crippen LogP contribution in [0.1, 0.15) is 18.2 Å². The highest BCUT2D eigenvalue weighted by Crippen LogP contribution is 2.27. The summed E-state index contributed by atoms with van der Waals surface area (Å²) in [6, 6.07) is 11.3. The minimum Gasteiger partial charge on any atom is -0.322 e. The largest absolute Gasteiger partial charge is 0.322 e. The topological polar surface area (TPSA) is 110 Å². The number of aromatic nitrogens is 6. The van der Waals surface area contributed by atoms with Crippen molar-refractivity contribution in [2.75, 3.05) is 11.1 Å². The monoisotopic (exact) mass is 435 g/mol. The van der Waals surface area contributed by atoms with E-state index >= 15 is 0 Å². The van der Waals surface area contributed by atoms with Gasteiger partial charge in [0.25, 0.3) is 0 Å². The van der Waals surface area contributed by atoms with Crippen molar-refractivity contribution in [3.63, 3.8) is 0 Å². The van der Waals surface area contributed by atoms with E-state index in [1.54, 1.807) is 23.7 Å². The van der Waals surface area contributed by atoms with Gasteiger partial charge in [-0.15, -0.1) is 5.10 Å². The van der Waals surface area contributed by atoms with Gasteiger partial charge in [0.05, 0.1) is 11.3 Å². The molecule has 31 heavy (non-hydrogen) atoms. The van der Waals surface area contributed by atoms with Gasteiger partial charge in [0, 0.05) is 35.1 Å². The summed E-state index contributed by atoms with van der Waals surface area (Å²) < 4.78 is 28.0. The number of hydrogen-bond acceptors (Lipinski definition) is 6. The van der Waals surface area contributed by atoms with Crippen LogP contribution >= 0.6 is 0 Å². The van der Waals surface area contributed by atoms with Crippen molar-refractivity contribution in [1.29, 1.82) is 0 Å². The number of benzene rings is 1. The minimum atomic E-state index is -3.41. The lowest BCUT2D eigenvalue weighted by atomic mass is 10.1. The molecule has 4 heterocycles. The van der Waals surface area contributed by atoms with Gasteiger partial charge in [0.15, 0.2) is 17.5 Å². The van der Waals surface area contributed by atoms with E-state index in [1.165, 1.54) is 3.97 Å².